The van der Waals surface area contributed by atoms with Crippen LogP contribution in [0.15, 0.2) is 55.0 Å². The Morgan fingerprint density at radius 1 is 0.973 bits per heavy atom. The van der Waals surface area contributed by atoms with E-state index >= 15 is 0 Å². The second-order valence-electron chi connectivity index (χ2n) is 9.07. The Hall–Kier alpha value is -4.19. The normalized spacial score (nSPS) is 15.5. The molecule has 0 unspecified atom stereocenters. The fourth-order valence-corrected chi connectivity index (χ4v) is 4.79. The molecule has 0 bridgehead atoms. The van der Waals surface area contributed by atoms with Crippen LogP contribution in [0.5, 0.6) is 0 Å². The molecule has 6 heterocycles. The van der Waals surface area contributed by atoms with E-state index < -0.39 is 17.6 Å². The number of halogens is 3. The van der Waals surface area contributed by atoms with E-state index in [9.17, 15) is 13.2 Å². The molecule has 1 fully saturated rings. The number of nitrogens with zero attached hydrogens (tertiary/aromatic N) is 8. The van der Waals surface area contributed by atoms with Gasteiger partial charge in [0.15, 0.2) is 0 Å². The number of rotatable bonds is 4. The summed E-state index contributed by atoms with van der Waals surface area (Å²) in [6, 6.07) is 10.3. The van der Waals surface area contributed by atoms with Gasteiger partial charge in [-0.25, -0.2) is 14.6 Å². The first kappa shape index (κ1) is 23.2. The van der Waals surface area contributed by atoms with Crippen molar-refractivity contribution in [2.45, 2.75) is 31.6 Å². The quantitative estimate of drug-likeness (QED) is 0.386. The summed E-state index contributed by atoms with van der Waals surface area (Å²) < 4.78 is 42.1. The molecule has 1 saturated heterocycles. The Balaban J connectivity index is 1.33. The first-order valence-electron chi connectivity index (χ1n) is 11.8. The zero-order valence-corrected chi connectivity index (χ0v) is 19.6. The fraction of sp³-hybridized carbons (Fsp3) is 0.280. The number of nitrogens with two attached hydrogens (primary N) is 1. The molecule has 0 radical (unpaired) electrons. The third kappa shape index (κ3) is 4.44. The molecule has 37 heavy (non-hydrogen) atoms. The molecule has 12 heteroatoms. The van der Waals surface area contributed by atoms with Gasteiger partial charge < -0.3 is 5.73 Å². The summed E-state index contributed by atoms with van der Waals surface area (Å²) >= 11 is 0. The molecule has 0 amide bonds. The number of nitrogen functional groups attached to an aromatic ring is 1. The summed E-state index contributed by atoms with van der Waals surface area (Å²) in [6.45, 7) is 2.54. The number of hydrogen-bond donors (Lipinski definition) is 1. The predicted octanol–water partition coefficient (Wildman–Crippen LogP) is 4.27. The molecule has 5 aromatic heterocycles. The van der Waals surface area contributed by atoms with Crippen LogP contribution in [0, 0.1) is 0 Å². The summed E-state index contributed by atoms with van der Waals surface area (Å²) in [5, 5.41) is 8.72. The van der Waals surface area contributed by atoms with Gasteiger partial charge >= 0.3 is 6.18 Å². The van der Waals surface area contributed by atoms with Crippen molar-refractivity contribution in [1.82, 2.24) is 39.8 Å². The average molecular weight is 506 g/mol. The van der Waals surface area contributed by atoms with Crippen LogP contribution in [0.2, 0.25) is 0 Å². The van der Waals surface area contributed by atoms with Crippen molar-refractivity contribution in [3.63, 3.8) is 0 Å². The molecule has 0 spiro atoms. The third-order valence-corrected chi connectivity index (χ3v) is 6.68. The lowest BCUT2D eigenvalue weighted by Crippen LogP contribution is -2.34. The Morgan fingerprint density at radius 2 is 1.81 bits per heavy atom. The number of alkyl halides is 3. The van der Waals surface area contributed by atoms with Crippen molar-refractivity contribution in [2.75, 3.05) is 18.8 Å². The first-order chi connectivity index (χ1) is 17.9. The molecule has 9 nitrogen and oxygen atoms in total. The molecule has 6 rings (SSSR count). The summed E-state index contributed by atoms with van der Waals surface area (Å²) in [4.78, 5) is 19.6. The van der Waals surface area contributed by atoms with Crippen molar-refractivity contribution in [2.24, 2.45) is 0 Å². The number of aromatic nitrogens is 7. The standard InChI is InChI=1S/C25H22F3N9/c26-25(27,28)18-11-15(12-32-24(18)29)19-4-5-20-22(33-19)23-21(13-31-20)34-35-37(23)17-6-9-36(10-7-17)14-16-3-1-2-8-30-16/h1-5,8,11-13,17H,6-7,9-10,14H2,(H2,29,32). The lowest BCUT2D eigenvalue weighted by atomic mass is 10.0. The molecular formula is C25H22F3N9. The molecule has 2 N–H and O–H groups in total. The minimum Gasteiger partial charge on any atom is -0.383 e. The molecule has 0 saturated carbocycles. The van der Waals surface area contributed by atoms with Crippen LogP contribution in [-0.2, 0) is 12.7 Å². The monoisotopic (exact) mass is 505 g/mol. The Kier molecular flexibility index (Phi) is 5.67. The zero-order chi connectivity index (χ0) is 25.6. The van der Waals surface area contributed by atoms with Crippen molar-refractivity contribution < 1.29 is 13.2 Å². The van der Waals surface area contributed by atoms with Crippen molar-refractivity contribution >= 4 is 27.9 Å². The van der Waals surface area contributed by atoms with E-state index in [0.29, 0.717) is 22.2 Å². The Morgan fingerprint density at radius 3 is 2.57 bits per heavy atom. The van der Waals surface area contributed by atoms with Gasteiger partial charge in [-0.15, -0.1) is 5.10 Å². The van der Waals surface area contributed by atoms with Crippen LogP contribution >= 0.6 is 0 Å². The number of piperidine rings is 1. The highest BCUT2D eigenvalue weighted by Crippen LogP contribution is 2.35. The molecule has 1 aliphatic heterocycles. The topological polar surface area (TPSA) is 112 Å². The lowest BCUT2D eigenvalue weighted by Gasteiger charge is -2.31. The highest BCUT2D eigenvalue weighted by Gasteiger charge is 2.34. The summed E-state index contributed by atoms with van der Waals surface area (Å²) in [6.07, 6.45) is 1.85. The maximum atomic E-state index is 13.4. The van der Waals surface area contributed by atoms with Crippen molar-refractivity contribution in [3.8, 4) is 11.3 Å². The lowest BCUT2D eigenvalue weighted by molar-refractivity contribution is -0.137. The Labute approximate surface area is 209 Å². The van der Waals surface area contributed by atoms with E-state index in [2.05, 4.69) is 30.2 Å². The Bertz CT molecular complexity index is 1580. The van der Waals surface area contributed by atoms with Gasteiger partial charge in [0.05, 0.1) is 34.7 Å². The van der Waals surface area contributed by atoms with Gasteiger partial charge in [-0.05, 0) is 43.2 Å². The minimum absolute atomic E-state index is 0.107. The van der Waals surface area contributed by atoms with E-state index in [1.54, 1.807) is 24.5 Å². The molecule has 188 valence electrons. The fourth-order valence-electron chi connectivity index (χ4n) is 4.79. The minimum atomic E-state index is -4.62. The smallest absolute Gasteiger partial charge is 0.383 e. The highest BCUT2D eigenvalue weighted by molar-refractivity contribution is 5.99. The largest absolute Gasteiger partial charge is 0.419 e. The van der Waals surface area contributed by atoms with E-state index in [0.717, 1.165) is 49.8 Å². The van der Waals surface area contributed by atoms with Crippen molar-refractivity contribution in [3.05, 3.63) is 66.2 Å². The van der Waals surface area contributed by atoms with Gasteiger partial charge in [0.1, 0.15) is 22.4 Å². The first-order valence-corrected chi connectivity index (χ1v) is 11.8. The van der Waals surface area contributed by atoms with E-state index in [1.165, 1.54) is 6.20 Å². The van der Waals surface area contributed by atoms with E-state index in [-0.39, 0.29) is 11.6 Å². The van der Waals surface area contributed by atoms with Gasteiger partial charge in [0.2, 0.25) is 0 Å². The number of anilines is 1. The van der Waals surface area contributed by atoms with E-state index in [4.69, 9.17) is 10.7 Å². The maximum absolute atomic E-state index is 13.4. The van der Waals surface area contributed by atoms with Gasteiger partial charge in [-0.1, -0.05) is 11.3 Å². The maximum Gasteiger partial charge on any atom is 0.419 e. The molecule has 1 aliphatic rings. The second kappa shape index (κ2) is 9.04. The summed E-state index contributed by atoms with van der Waals surface area (Å²) in [5.74, 6) is -0.572. The third-order valence-electron chi connectivity index (χ3n) is 6.68. The average Bonchev–Trinajstić information content (AvgIpc) is 3.34. The van der Waals surface area contributed by atoms with Gasteiger partial charge in [0, 0.05) is 37.6 Å². The number of likely N-dealkylation sites (tertiary alicyclic amines) is 1. The van der Waals surface area contributed by atoms with E-state index in [1.807, 2.05) is 22.9 Å². The van der Waals surface area contributed by atoms with Crippen LogP contribution < -0.4 is 5.73 Å². The van der Waals surface area contributed by atoms with Crippen LogP contribution in [0.25, 0.3) is 33.3 Å². The zero-order valence-electron chi connectivity index (χ0n) is 19.6. The summed E-state index contributed by atoms with van der Waals surface area (Å²) in [5.41, 5.74) is 8.49. The highest BCUT2D eigenvalue weighted by atomic mass is 19.4. The molecule has 0 aliphatic carbocycles. The van der Waals surface area contributed by atoms with Gasteiger partial charge in [0.25, 0.3) is 0 Å². The molecule has 0 atom stereocenters. The second-order valence-corrected chi connectivity index (χ2v) is 9.07. The van der Waals surface area contributed by atoms with Gasteiger partial charge in [-0.2, -0.15) is 13.2 Å². The van der Waals surface area contributed by atoms with Crippen LogP contribution in [-0.4, -0.2) is 52.9 Å². The number of fused-ring (bicyclic) bond motifs is 3. The molecule has 5 aromatic rings. The molecule has 0 aromatic carbocycles. The van der Waals surface area contributed by atoms with Crippen LogP contribution in [0.4, 0.5) is 19.0 Å². The number of hydrogen-bond acceptors (Lipinski definition) is 8. The van der Waals surface area contributed by atoms with Crippen LogP contribution in [0.1, 0.15) is 30.1 Å². The SMILES string of the molecule is Nc1ncc(-c2ccc3ncc4nnn(C5CCN(Cc6ccccn6)CC5)c4c3n2)cc1C(F)(F)F. The van der Waals surface area contributed by atoms with Gasteiger partial charge in [-0.3, -0.25) is 14.9 Å². The predicted molar refractivity (Wildman–Crippen MR) is 131 cm³/mol. The van der Waals surface area contributed by atoms with Crippen LogP contribution in [0.3, 0.4) is 0 Å². The summed E-state index contributed by atoms with van der Waals surface area (Å²) in [7, 11) is 0. The number of pyridine rings is 4. The molecular weight excluding hydrogens is 483 g/mol. The van der Waals surface area contributed by atoms with Crippen molar-refractivity contribution in [1.29, 1.82) is 0 Å².